The van der Waals surface area contributed by atoms with Crippen LogP contribution >= 0.6 is 0 Å². The first-order valence-electron chi connectivity index (χ1n) is 5.78. The fourth-order valence-electron chi connectivity index (χ4n) is 1.89. The lowest BCUT2D eigenvalue weighted by Gasteiger charge is -2.10. The quantitative estimate of drug-likeness (QED) is 0.851. The molecule has 0 aliphatic rings. The Labute approximate surface area is 106 Å². The maximum Gasteiger partial charge on any atom is 0.272 e. The van der Waals surface area contributed by atoms with E-state index in [9.17, 15) is 4.79 Å². The number of nitrogens with zero attached hydrogens (tertiary/aromatic N) is 1. The van der Waals surface area contributed by atoms with E-state index in [-0.39, 0.29) is 5.91 Å². The number of rotatable bonds is 2. The molecule has 2 aromatic rings. The molecule has 1 amide bonds. The lowest BCUT2D eigenvalue weighted by molar-refractivity contribution is 0.101. The maximum atomic E-state index is 12.1. The molecule has 1 heterocycles. The summed E-state index contributed by atoms with van der Waals surface area (Å²) in [5.41, 5.74) is 9.86. The summed E-state index contributed by atoms with van der Waals surface area (Å²) in [5.74, 6) is -0.150. The average molecular weight is 243 g/mol. The summed E-state index contributed by atoms with van der Waals surface area (Å²) in [4.78, 5) is 12.1. The van der Waals surface area contributed by atoms with Gasteiger partial charge in [0.25, 0.3) is 5.91 Å². The largest absolute Gasteiger partial charge is 0.397 e. The number of aromatic nitrogens is 1. The van der Waals surface area contributed by atoms with Crippen molar-refractivity contribution in [2.75, 3.05) is 11.1 Å². The summed E-state index contributed by atoms with van der Waals surface area (Å²) in [6.45, 7) is 4.01. The van der Waals surface area contributed by atoms with Crippen molar-refractivity contribution in [1.29, 1.82) is 0 Å². The number of anilines is 2. The highest BCUT2D eigenvalue weighted by Crippen LogP contribution is 2.19. The van der Waals surface area contributed by atoms with Crippen LogP contribution in [0.5, 0.6) is 0 Å². The molecule has 0 bridgehead atoms. The van der Waals surface area contributed by atoms with E-state index in [1.54, 1.807) is 23.9 Å². The van der Waals surface area contributed by atoms with Crippen molar-refractivity contribution >= 4 is 17.3 Å². The van der Waals surface area contributed by atoms with E-state index >= 15 is 0 Å². The number of benzene rings is 1. The molecule has 3 N–H and O–H groups in total. The van der Waals surface area contributed by atoms with Crippen molar-refractivity contribution in [2.24, 2.45) is 7.05 Å². The predicted octanol–water partition coefficient (Wildman–Crippen LogP) is 2.48. The highest BCUT2D eigenvalue weighted by atomic mass is 16.1. The molecule has 1 aromatic heterocycles. The SMILES string of the molecule is Cc1cccc(NC(=O)c2cc(N)cn2C)c1C. The molecule has 18 heavy (non-hydrogen) atoms. The van der Waals surface area contributed by atoms with E-state index in [4.69, 9.17) is 5.73 Å². The molecule has 0 atom stereocenters. The van der Waals surface area contributed by atoms with Crippen molar-refractivity contribution in [2.45, 2.75) is 13.8 Å². The standard InChI is InChI=1S/C14H17N3O/c1-9-5-4-6-12(10(9)2)16-14(18)13-7-11(15)8-17(13)3/h4-8H,15H2,1-3H3,(H,16,18). The van der Waals surface area contributed by atoms with Crippen molar-refractivity contribution in [3.05, 3.63) is 47.3 Å². The average Bonchev–Trinajstić information content (AvgIpc) is 2.64. The zero-order valence-corrected chi connectivity index (χ0v) is 10.8. The zero-order valence-electron chi connectivity index (χ0n) is 10.8. The third-order valence-electron chi connectivity index (χ3n) is 3.11. The van der Waals surface area contributed by atoms with Gasteiger partial charge < -0.3 is 15.6 Å². The molecule has 1 aromatic carbocycles. The van der Waals surface area contributed by atoms with Crippen LogP contribution in [0.3, 0.4) is 0 Å². The number of aryl methyl sites for hydroxylation is 2. The van der Waals surface area contributed by atoms with Crippen LogP contribution in [0.15, 0.2) is 30.5 Å². The van der Waals surface area contributed by atoms with Crippen LogP contribution in [0.1, 0.15) is 21.6 Å². The second kappa shape index (κ2) is 4.56. The molecule has 0 fully saturated rings. The second-order valence-electron chi connectivity index (χ2n) is 4.47. The van der Waals surface area contributed by atoms with Gasteiger partial charge >= 0.3 is 0 Å². The lowest BCUT2D eigenvalue weighted by atomic mass is 10.1. The first-order valence-corrected chi connectivity index (χ1v) is 5.78. The van der Waals surface area contributed by atoms with Gasteiger partial charge in [-0.3, -0.25) is 4.79 Å². The summed E-state index contributed by atoms with van der Waals surface area (Å²) in [6, 6.07) is 7.51. The van der Waals surface area contributed by atoms with Crippen molar-refractivity contribution in [3.63, 3.8) is 0 Å². The smallest absolute Gasteiger partial charge is 0.272 e. The number of carbonyl (C=O) groups is 1. The minimum absolute atomic E-state index is 0.150. The van der Waals surface area contributed by atoms with Gasteiger partial charge in [-0.1, -0.05) is 12.1 Å². The Hall–Kier alpha value is -2.23. The van der Waals surface area contributed by atoms with Crippen LogP contribution in [0, 0.1) is 13.8 Å². The fraction of sp³-hybridized carbons (Fsp3) is 0.214. The summed E-state index contributed by atoms with van der Waals surface area (Å²) in [7, 11) is 1.80. The van der Waals surface area contributed by atoms with Crippen molar-refractivity contribution < 1.29 is 4.79 Å². The topological polar surface area (TPSA) is 60.1 Å². The minimum Gasteiger partial charge on any atom is -0.397 e. The van der Waals surface area contributed by atoms with E-state index in [1.165, 1.54) is 0 Å². The third kappa shape index (κ3) is 2.22. The molecule has 94 valence electrons. The van der Waals surface area contributed by atoms with Gasteiger partial charge in [-0.25, -0.2) is 0 Å². The molecule has 2 rings (SSSR count). The second-order valence-corrected chi connectivity index (χ2v) is 4.47. The van der Waals surface area contributed by atoms with E-state index in [1.807, 2.05) is 32.0 Å². The maximum absolute atomic E-state index is 12.1. The van der Waals surface area contributed by atoms with Gasteiger partial charge in [-0.15, -0.1) is 0 Å². The van der Waals surface area contributed by atoms with Crippen LogP contribution in [0.4, 0.5) is 11.4 Å². The molecule has 0 unspecified atom stereocenters. The Kier molecular flexibility index (Phi) is 3.10. The molecule has 0 radical (unpaired) electrons. The van der Waals surface area contributed by atoms with Crippen LogP contribution in [-0.2, 0) is 7.05 Å². The van der Waals surface area contributed by atoms with E-state index in [0.29, 0.717) is 11.4 Å². The highest BCUT2D eigenvalue weighted by molar-refractivity contribution is 6.04. The summed E-state index contributed by atoms with van der Waals surface area (Å²) >= 11 is 0. The molecule has 0 aliphatic carbocycles. The van der Waals surface area contributed by atoms with Gasteiger partial charge in [-0.05, 0) is 37.1 Å². The Morgan fingerprint density at radius 1 is 1.33 bits per heavy atom. The number of nitrogens with one attached hydrogen (secondary N) is 1. The number of hydrogen-bond donors (Lipinski definition) is 2. The molecule has 4 heteroatoms. The minimum atomic E-state index is -0.150. The van der Waals surface area contributed by atoms with Crippen LogP contribution in [0.25, 0.3) is 0 Å². The van der Waals surface area contributed by atoms with E-state index in [0.717, 1.165) is 16.8 Å². The van der Waals surface area contributed by atoms with Gasteiger partial charge in [-0.2, -0.15) is 0 Å². The molecular weight excluding hydrogens is 226 g/mol. The fourth-order valence-corrected chi connectivity index (χ4v) is 1.89. The lowest BCUT2D eigenvalue weighted by Crippen LogP contribution is -2.16. The molecular formula is C14H17N3O. The van der Waals surface area contributed by atoms with Crippen LogP contribution < -0.4 is 11.1 Å². The van der Waals surface area contributed by atoms with Gasteiger partial charge in [0, 0.05) is 18.9 Å². The Morgan fingerprint density at radius 2 is 2.06 bits per heavy atom. The summed E-state index contributed by atoms with van der Waals surface area (Å²) in [5, 5.41) is 2.91. The van der Waals surface area contributed by atoms with Crippen LogP contribution in [-0.4, -0.2) is 10.5 Å². The first-order chi connectivity index (χ1) is 8.49. The van der Waals surface area contributed by atoms with Gasteiger partial charge in [0.2, 0.25) is 0 Å². The van der Waals surface area contributed by atoms with E-state index in [2.05, 4.69) is 5.32 Å². The van der Waals surface area contributed by atoms with Crippen LogP contribution in [0.2, 0.25) is 0 Å². The molecule has 0 aliphatic heterocycles. The van der Waals surface area contributed by atoms with E-state index < -0.39 is 0 Å². The summed E-state index contributed by atoms with van der Waals surface area (Å²) in [6.07, 6.45) is 1.72. The summed E-state index contributed by atoms with van der Waals surface area (Å²) < 4.78 is 1.72. The third-order valence-corrected chi connectivity index (χ3v) is 3.11. The first kappa shape index (κ1) is 12.2. The Bertz CT molecular complexity index is 599. The number of amides is 1. The molecule has 0 saturated carbocycles. The monoisotopic (exact) mass is 243 g/mol. The number of nitrogens with two attached hydrogens (primary N) is 1. The number of nitrogen functional groups attached to an aromatic ring is 1. The Balaban J connectivity index is 2.27. The predicted molar refractivity (Wildman–Crippen MR) is 73.7 cm³/mol. The Morgan fingerprint density at radius 3 is 2.67 bits per heavy atom. The molecule has 0 spiro atoms. The van der Waals surface area contributed by atoms with Crippen molar-refractivity contribution in [3.8, 4) is 0 Å². The van der Waals surface area contributed by atoms with Gasteiger partial charge in [0.1, 0.15) is 5.69 Å². The molecule has 4 nitrogen and oxygen atoms in total. The number of hydrogen-bond acceptors (Lipinski definition) is 2. The van der Waals surface area contributed by atoms with Gasteiger partial charge in [0.15, 0.2) is 0 Å². The number of carbonyl (C=O) groups excluding carboxylic acids is 1. The molecule has 0 saturated heterocycles. The zero-order chi connectivity index (χ0) is 13.3. The highest BCUT2D eigenvalue weighted by Gasteiger charge is 2.12. The van der Waals surface area contributed by atoms with Crippen molar-refractivity contribution in [1.82, 2.24) is 4.57 Å². The van der Waals surface area contributed by atoms with Gasteiger partial charge in [0.05, 0.1) is 5.69 Å². The normalized spacial score (nSPS) is 10.4.